The van der Waals surface area contributed by atoms with E-state index in [0.717, 1.165) is 26.1 Å². The second kappa shape index (κ2) is 9.02. The zero-order valence-electron chi connectivity index (χ0n) is 13.6. The van der Waals surface area contributed by atoms with Crippen molar-refractivity contribution in [1.82, 2.24) is 0 Å². The Balaban J connectivity index is 2.49. The fourth-order valence-corrected chi connectivity index (χ4v) is 2.62. The van der Waals surface area contributed by atoms with Crippen molar-refractivity contribution in [3.05, 3.63) is 30.3 Å². The maximum Gasteiger partial charge on any atom is 0.0366 e. The summed E-state index contributed by atoms with van der Waals surface area (Å²) >= 11 is 0. The van der Waals surface area contributed by atoms with Crippen LogP contribution in [0.15, 0.2) is 30.3 Å². The Morgan fingerprint density at radius 2 is 1.65 bits per heavy atom. The van der Waals surface area contributed by atoms with Crippen LogP contribution in [0.2, 0.25) is 0 Å². The topological polar surface area (TPSA) is 29.3 Å². The molecule has 0 saturated heterocycles. The number of anilines is 1. The van der Waals surface area contributed by atoms with Crippen LogP contribution in [-0.4, -0.2) is 19.6 Å². The van der Waals surface area contributed by atoms with Crippen LogP contribution >= 0.6 is 0 Å². The summed E-state index contributed by atoms with van der Waals surface area (Å²) in [4.78, 5) is 2.53. The monoisotopic (exact) mass is 276 g/mol. The highest BCUT2D eigenvalue weighted by Crippen LogP contribution is 2.26. The molecule has 1 rings (SSSR count). The molecule has 2 nitrogen and oxygen atoms in total. The molecule has 0 spiro atoms. The number of unbranched alkanes of at least 4 members (excludes halogenated alkanes) is 1. The lowest BCUT2D eigenvalue weighted by Gasteiger charge is -2.28. The Morgan fingerprint density at radius 3 is 2.25 bits per heavy atom. The summed E-state index contributed by atoms with van der Waals surface area (Å²) < 4.78 is 0. The highest BCUT2D eigenvalue weighted by Gasteiger charge is 2.16. The maximum atomic E-state index is 5.69. The zero-order valence-corrected chi connectivity index (χ0v) is 13.6. The fraction of sp³-hybridized carbons (Fsp3) is 0.667. The van der Waals surface area contributed by atoms with Gasteiger partial charge in [-0.2, -0.15) is 0 Å². The molecule has 2 heteroatoms. The predicted octanol–water partition coefficient (Wildman–Crippen LogP) is 4.45. The van der Waals surface area contributed by atoms with E-state index in [1.54, 1.807) is 0 Å². The first kappa shape index (κ1) is 17.0. The third kappa shape index (κ3) is 6.42. The minimum atomic E-state index is 0.377. The number of rotatable bonds is 10. The summed E-state index contributed by atoms with van der Waals surface area (Å²) in [7, 11) is 0. The van der Waals surface area contributed by atoms with E-state index < -0.39 is 0 Å². The molecule has 0 unspecified atom stereocenters. The number of hydrogen-bond donors (Lipinski definition) is 1. The molecule has 0 aliphatic carbocycles. The molecule has 0 amide bonds. The highest BCUT2D eigenvalue weighted by atomic mass is 15.1. The molecule has 0 aliphatic heterocycles. The van der Waals surface area contributed by atoms with Crippen LogP contribution in [0.4, 0.5) is 5.69 Å². The molecule has 0 radical (unpaired) electrons. The van der Waals surface area contributed by atoms with Gasteiger partial charge in [0.05, 0.1) is 0 Å². The largest absolute Gasteiger partial charge is 0.372 e. The van der Waals surface area contributed by atoms with Gasteiger partial charge in [0.1, 0.15) is 0 Å². The Bertz CT molecular complexity index is 346. The van der Waals surface area contributed by atoms with Crippen molar-refractivity contribution in [3.8, 4) is 0 Å². The van der Waals surface area contributed by atoms with Crippen LogP contribution < -0.4 is 10.6 Å². The molecule has 0 fully saturated rings. The molecule has 0 saturated carbocycles. The third-order valence-electron chi connectivity index (χ3n) is 4.01. The summed E-state index contributed by atoms with van der Waals surface area (Å²) in [5.74, 6) is 0. The Kier molecular flexibility index (Phi) is 7.68. The summed E-state index contributed by atoms with van der Waals surface area (Å²) in [6.07, 6.45) is 6.13. The van der Waals surface area contributed by atoms with Gasteiger partial charge < -0.3 is 10.6 Å². The molecule has 0 bridgehead atoms. The van der Waals surface area contributed by atoms with Gasteiger partial charge >= 0.3 is 0 Å². The van der Waals surface area contributed by atoms with E-state index in [0.29, 0.717) is 5.41 Å². The molecular formula is C18H32N2. The summed E-state index contributed by atoms with van der Waals surface area (Å²) in [6, 6.07) is 10.8. The number of para-hydroxylation sites is 1. The van der Waals surface area contributed by atoms with Gasteiger partial charge in [-0.3, -0.25) is 0 Å². The number of hydrogen-bond acceptors (Lipinski definition) is 2. The lowest BCUT2D eigenvalue weighted by molar-refractivity contribution is 0.305. The zero-order chi connectivity index (χ0) is 14.8. The standard InChI is InChI=1S/C18H32N2/c1-4-5-15-20(17-10-7-6-8-11-17)16-9-12-18(2,3)13-14-19/h6-8,10-11H,4-5,9,12-16,19H2,1-3H3. The third-order valence-corrected chi connectivity index (χ3v) is 4.01. The molecule has 0 aromatic heterocycles. The van der Waals surface area contributed by atoms with E-state index in [1.807, 2.05) is 0 Å². The molecule has 2 N–H and O–H groups in total. The van der Waals surface area contributed by atoms with Crippen molar-refractivity contribution in [2.24, 2.45) is 11.1 Å². The number of nitrogens with zero attached hydrogens (tertiary/aromatic N) is 1. The average Bonchev–Trinajstić information content (AvgIpc) is 2.43. The molecule has 0 atom stereocenters. The van der Waals surface area contributed by atoms with E-state index >= 15 is 0 Å². The molecule has 20 heavy (non-hydrogen) atoms. The summed E-state index contributed by atoms with van der Waals surface area (Å²) in [6.45, 7) is 10.0. The fourth-order valence-electron chi connectivity index (χ4n) is 2.62. The van der Waals surface area contributed by atoms with Gasteiger partial charge in [-0.05, 0) is 49.8 Å². The van der Waals surface area contributed by atoms with Gasteiger partial charge in [-0.25, -0.2) is 0 Å². The predicted molar refractivity (Wildman–Crippen MR) is 90.2 cm³/mol. The first-order valence-electron chi connectivity index (χ1n) is 8.09. The van der Waals surface area contributed by atoms with Gasteiger partial charge in [0.2, 0.25) is 0 Å². The van der Waals surface area contributed by atoms with Crippen molar-refractivity contribution in [1.29, 1.82) is 0 Å². The van der Waals surface area contributed by atoms with E-state index in [-0.39, 0.29) is 0 Å². The molecule has 1 aromatic carbocycles. The van der Waals surface area contributed by atoms with E-state index in [2.05, 4.69) is 56.0 Å². The quantitative estimate of drug-likeness (QED) is 0.684. The first-order valence-corrected chi connectivity index (χ1v) is 8.09. The normalized spacial score (nSPS) is 11.6. The van der Waals surface area contributed by atoms with Gasteiger partial charge in [-0.1, -0.05) is 45.4 Å². The summed E-state index contributed by atoms with van der Waals surface area (Å²) in [5, 5.41) is 0. The molecule has 114 valence electrons. The van der Waals surface area contributed by atoms with Gasteiger partial charge in [0, 0.05) is 18.8 Å². The van der Waals surface area contributed by atoms with Crippen LogP contribution in [0.5, 0.6) is 0 Å². The molecule has 0 aliphatic rings. The number of nitrogens with two attached hydrogens (primary N) is 1. The van der Waals surface area contributed by atoms with Crippen molar-refractivity contribution in [3.63, 3.8) is 0 Å². The molecule has 1 aromatic rings. The lowest BCUT2D eigenvalue weighted by Crippen LogP contribution is -2.27. The van der Waals surface area contributed by atoms with Crippen molar-refractivity contribution in [2.45, 2.75) is 52.9 Å². The van der Waals surface area contributed by atoms with E-state index in [9.17, 15) is 0 Å². The minimum absolute atomic E-state index is 0.377. The molecular weight excluding hydrogens is 244 g/mol. The lowest BCUT2D eigenvalue weighted by atomic mass is 9.84. The van der Waals surface area contributed by atoms with Crippen LogP contribution in [0.25, 0.3) is 0 Å². The Morgan fingerprint density at radius 1 is 1.00 bits per heavy atom. The Hall–Kier alpha value is -1.02. The smallest absolute Gasteiger partial charge is 0.0366 e. The van der Waals surface area contributed by atoms with Crippen molar-refractivity contribution < 1.29 is 0 Å². The highest BCUT2D eigenvalue weighted by molar-refractivity contribution is 5.45. The maximum absolute atomic E-state index is 5.69. The van der Waals surface area contributed by atoms with Crippen LogP contribution in [0.3, 0.4) is 0 Å². The van der Waals surface area contributed by atoms with Gasteiger partial charge in [0.25, 0.3) is 0 Å². The Labute approximate surface area is 125 Å². The van der Waals surface area contributed by atoms with Crippen LogP contribution in [-0.2, 0) is 0 Å². The van der Waals surface area contributed by atoms with Crippen LogP contribution in [0, 0.1) is 5.41 Å². The summed E-state index contributed by atoms with van der Waals surface area (Å²) in [5.41, 5.74) is 7.43. The number of benzene rings is 1. The second-order valence-corrected chi connectivity index (χ2v) is 6.48. The van der Waals surface area contributed by atoms with E-state index in [4.69, 9.17) is 5.73 Å². The SMILES string of the molecule is CCCCN(CCCC(C)(C)CCN)c1ccccc1. The second-order valence-electron chi connectivity index (χ2n) is 6.48. The van der Waals surface area contributed by atoms with Gasteiger partial charge in [0.15, 0.2) is 0 Å². The first-order chi connectivity index (χ1) is 9.59. The van der Waals surface area contributed by atoms with Crippen LogP contribution in [0.1, 0.15) is 52.9 Å². The molecule has 0 heterocycles. The van der Waals surface area contributed by atoms with Gasteiger partial charge in [-0.15, -0.1) is 0 Å². The minimum Gasteiger partial charge on any atom is -0.372 e. The van der Waals surface area contributed by atoms with E-state index in [1.165, 1.54) is 31.4 Å². The van der Waals surface area contributed by atoms with Crippen molar-refractivity contribution >= 4 is 5.69 Å². The average molecular weight is 276 g/mol. The van der Waals surface area contributed by atoms with Crippen molar-refractivity contribution in [2.75, 3.05) is 24.5 Å².